The largest absolute Gasteiger partial charge is 1.00 e. The van der Waals surface area contributed by atoms with Crippen LogP contribution in [0.1, 0.15) is 0 Å². The van der Waals surface area contributed by atoms with Gasteiger partial charge in [0.2, 0.25) is 0 Å². The normalized spacial score (nSPS) is 11.7. The summed E-state index contributed by atoms with van der Waals surface area (Å²) < 4.78 is 68.5. The van der Waals surface area contributed by atoms with Crippen molar-refractivity contribution < 1.29 is 95.1 Å². The van der Waals surface area contributed by atoms with Gasteiger partial charge in [-0.25, -0.2) is 16.8 Å². The monoisotopic (exact) mass is 497 g/mol. The first-order valence-corrected chi connectivity index (χ1v) is 10.6. The van der Waals surface area contributed by atoms with Crippen LogP contribution in [0.2, 0.25) is 0 Å². The van der Waals surface area contributed by atoms with Gasteiger partial charge in [-0.3, -0.25) is 10.1 Å². The second-order valence-corrected chi connectivity index (χ2v) is 8.54. The van der Waals surface area contributed by atoms with Crippen molar-refractivity contribution in [2.75, 3.05) is 0 Å². The Morgan fingerprint density at radius 1 is 0.875 bits per heavy atom. The van der Waals surface area contributed by atoms with Crippen molar-refractivity contribution in [3.8, 4) is 5.75 Å². The second-order valence-electron chi connectivity index (χ2n) is 5.81. The average molecular weight is 497 g/mol. The third kappa shape index (κ3) is 6.11. The first-order valence-electron chi connectivity index (χ1n) is 7.76. The van der Waals surface area contributed by atoms with Gasteiger partial charge in [0.05, 0.1) is 14.7 Å². The quantitative estimate of drug-likeness (QED) is 0.123. The standard InChI is InChI=1S/C16H11N3O9S2.2Na/c20-16-11-6-5-10(29(23,24)25)7-9(11)8-14(30(26,27)28)15(16)18-17-12-3-1-2-4-13(12)19(21)22;;/h1-8,20H,(H,23,24,25)(H,26,27,28);;/q;2*+1/p-2. The van der Waals surface area contributed by atoms with Crippen LogP contribution < -0.4 is 59.1 Å². The molecule has 12 nitrogen and oxygen atoms in total. The van der Waals surface area contributed by atoms with Gasteiger partial charge < -0.3 is 14.2 Å². The SMILES string of the molecule is O=[N+]([O-])c1ccccc1N=Nc1c(S(=O)(=O)[O-])cc2cc(S(=O)(=O)[O-])ccc2c1O.[Na+].[Na+]. The molecule has 0 saturated heterocycles. The van der Waals surface area contributed by atoms with E-state index in [2.05, 4.69) is 10.2 Å². The van der Waals surface area contributed by atoms with E-state index in [4.69, 9.17) is 0 Å². The molecule has 0 aliphatic heterocycles. The van der Waals surface area contributed by atoms with Crippen LogP contribution in [0, 0.1) is 10.1 Å². The Balaban J connectivity index is 0.00000256. The minimum Gasteiger partial charge on any atom is -0.744 e. The predicted molar refractivity (Wildman–Crippen MR) is 98.8 cm³/mol. The number of benzene rings is 3. The molecule has 1 N–H and O–H groups in total. The van der Waals surface area contributed by atoms with Crippen molar-refractivity contribution in [2.24, 2.45) is 10.2 Å². The minimum atomic E-state index is -5.25. The molecular formula is C16H9N3Na2O9S2. The Morgan fingerprint density at radius 2 is 1.50 bits per heavy atom. The number of azo groups is 1. The van der Waals surface area contributed by atoms with Crippen molar-refractivity contribution in [3.05, 3.63) is 58.6 Å². The number of aromatic hydroxyl groups is 1. The third-order valence-electron chi connectivity index (χ3n) is 3.92. The number of phenolic OH excluding ortho intramolecular Hbond substituents is 1. The Labute approximate surface area is 225 Å². The first kappa shape index (κ1) is 28.6. The van der Waals surface area contributed by atoms with Gasteiger partial charge in [-0.1, -0.05) is 12.1 Å². The van der Waals surface area contributed by atoms with Gasteiger partial charge in [0.25, 0.3) is 5.69 Å². The average Bonchev–Trinajstić information content (AvgIpc) is 2.65. The zero-order valence-electron chi connectivity index (χ0n) is 16.5. The summed E-state index contributed by atoms with van der Waals surface area (Å²) >= 11 is 0. The zero-order valence-corrected chi connectivity index (χ0v) is 22.1. The van der Waals surface area contributed by atoms with E-state index in [9.17, 15) is 41.2 Å². The van der Waals surface area contributed by atoms with Gasteiger partial charge in [-0.15, -0.1) is 10.2 Å². The Morgan fingerprint density at radius 3 is 2.06 bits per heavy atom. The number of fused-ring (bicyclic) bond motifs is 1. The summed E-state index contributed by atoms with van der Waals surface area (Å²) in [7, 11) is -10.1. The van der Waals surface area contributed by atoms with Crippen LogP contribution >= 0.6 is 0 Å². The van der Waals surface area contributed by atoms with E-state index in [1.165, 1.54) is 18.2 Å². The Kier molecular flexibility index (Phi) is 9.51. The van der Waals surface area contributed by atoms with Crippen LogP contribution in [0.25, 0.3) is 10.8 Å². The molecule has 0 amide bonds. The van der Waals surface area contributed by atoms with Crippen LogP contribution in [0.15, 0.2) is 68.6 Å². The summed E-state index contributed by atoms with van der Waals surface area (Å²) in [5, 5.41) is 28.2. The Hall–Kier alpha value is -1.46. The number of phenols is 1. The molecule has 32 heavy (non-hydrogen) atoms. The number of nitro groups is 1. The first-order chi connectivity index (χ1) is 13.9. The van der Waals surface area contributed by atoms with Gasteiger partial charge >= 0.3 is 59.1 Å². The number of rotatable bonds is 5. The van der Waals surface area contributed by atoms with E-state index in [1.54, 1.807) is 0 Å². The van der Waals surface area contributed by atoms with Crippen LogP contribution in [0.3, 0.4) is 0 Å². The molecule has 0 aliphatic carbocycles. The minimum absolute atomic E-state index is 0. The predicted octanol–water partition coefficient (Wildman–Crippen LogP) is -3.31. The molecule has 3 aromatic carbocycles. The fraction of sp³-hybridized carbons (Fsp3) is 0. The van der Waals surface area contributed by atoms with Gasteiger partial charge in [-0.2, -0.15) is 0 Å². The number of nitrogens with zero attached hydrogens (tertiary/aromatic N) is 3. The molecule has 0 fully saturated rings. The number of nitro benzene ring substituents is 1. The van der Waals surface area contributed by atoms with Crippen molar-refractivity contribution in [1.82, 2.24) is 0 Å². The van der Waals surface area contributed by atoms with Gasteiger partial charge in [0.1, 0.15) is 25.9 Å². The van der Waals surface area contributed by atoms with E-state index in [1.807, 2.05) is 0 Å². The maximum absolute atomic E-state index is 11.7. The van der Waals surface area contributed by atoms with Crippen molar-refractivity contribution >= 4 is 48.1 Å². The van der Waals surface area contributed by atoms with E-state index >= 15 is 0 Å². The van der Waals surface area contributed by atoms with E-state index in [0.717, 1.165) is 30.3 Å². The van der Waals surface area contributed by atoms with Crippen LogP contribution in [-0.4, -0.2) is 36.0 Å². The van der Waals surface area contributed by atoms with Gasteiger partial charge in [0.15, 0.2) is 11.4 Å². The molecule has 0 unspecified atom stereocenters. The fourth-order valence-corrected chi connectivity index (χ4v) is 3.73. The summed E-state index contributed by atoms with van der Waals surface area (Å²) in [6.07, 6.45) is 0. The van der Waals surface area contributed by atoms with E-state index < -0.39 is 52.1 Å². The molecule has 0 saturated carbocycles. The fourth-order valence-electron chi connectivity index (χ4n) is 2.58. The molecule has 0 spiro atoms. The summed E-state index contributed by atoms with van der Waals surface area (Å²) in [6.45, 7) is 0. The molecule has 3 rings (SSSR count). The molecule has 0 bridgehead atoms. The zero-order chi connectivity index (χ0) is 22.3. The maximum Gasteiger partial charge on any atom is 1.00 e. The molecule has 16 heteroatoms. The van der Waals surface area contributed by atoms with Crippen LogP contribution in [0.5, 0.6) is 5.75 Å². The maximum atomic E-state index is 11.7. The van der Waals surface area contributed by atoms with Crippen LogP contribution in [-0.2, 0) is 20.2 Å². The van der Waals surface area contributed by atoms with Gasteiger partial charge in [0, 0.05) is 11.5 Å². The molecule has 0 radical (unpaired) electrons. The molecule has 0 atom stereocenters. The van der Waals surface area contributed by atoms with Crippen molar-refractivity contribution in [2.45, 2.75) is 9.79 Å². The number of para-hydroxylation sites is 1. The molecule has 0 aliphatic rings. The summed E-state index contributed by atoms with van der Waals surface area (Å²) in [6, 6.07) is 8.48. The van der Waals surface area contributed by atoms with Crippen molar-refractivity contribution in [3.63, 3.8) is 0 Å². The van der Waals surface area contributed by atoms with E-state index in [0.29, 0.717) is 0 Å². The molecule has 0 heterocycles. The second kappa shape index (κ2) is 10.6. The van der Waals surface area contributed by atoms with E-state index in [-0.39, 0.29) is 75.6 Å². The number of hydrogen-bond donors (Lipinski definition) is 1. The topological polar surface area (TPSA) is 202 Å². The van der Waals surface area contributed by atoms with Crippen LogP contribution in [0.4, 0.5) is 17.1 Å². The Bertz CT molecular complexity index is 1440. The molecule has 3 aromatic rings. The molecule has 0 aromatic heterocycles. The number of hydrogen-bond acceptors (Lipinski definition) is 11. The van der Waals surface area contributed by atoms with Gasteiger partial charge in [-0.05, 0) is 35.7 Å². The van der Waals surface area contributed by atoms with Crippen molar-refractivity contribution in [1.29, 1.82) is 0 Å². The third-order valence-corrected chi connectivity index (χ3v) is 5.60. The molecular weight excluding hydrogens is 488 g/mol. The molecule has 156 valence electrons. The summed E-state index contributed by atoms with van der Waals surface area (Å²) in [4.78, 5) is 8.52. The summed E-state index contributed by atoms with van der Waals surface area (Å²) in [5.41, 5.74) is -1.53. The smallest absolute Gasteiger partial charge is 0.744 e. The summed E-state index contributed by atoms with van der Waals surface area (Å²) in [5.74, 6) is -0.848.